The lowest BCUT2D eigenvalue weighted by Gasteiger charge is -2.35. The number of carbonyl (C=O) groups is 3. The van der Waals surface area contributed by atoms with E-state index in [2.05, 4.69) is 10.6 Å². The second-order valence-electron chi connectivity index (χ2n) is 7.30. The van der Waals surface area contributed by atoms with E-state index in [4.69, 9.17) is 0 Å². The number of likely N-dealkylation sites (tertiary alicyclic amines) is 1. The molecule has 0 aliphatic carbocycles. The van der Waals surface area contributed by atoms with Crippen molar-refractivity contribution in [1.82, 2.24) is 15.5 Å². The Bertz CT molecular complexity index is 622. The Morgan fingerprint density at radius 1 is 1.12 bits per heavy atom. The molecule has 0 bridgehead atoms. The van der Waals surface area contributed by atoms with Gasteiger partial charge in [0.1, 0.15) is 6.04 Å². The van der Waals surface area contributed by atoms with Crippen LogP contribution in [-0.2, 0) is 9.59 Å². The molecule has 0 radical (unpaired) electrons. The van der Waals surface area contributed by atoms with Gasteiger partial charge in [0.05, 0.1) is 0 Å². The average molecular weight is 359 g/mol. The Balaban J connectivity index is 2.07. The molecule has 26 heavy (non-hydrogen) atoms. The van der Waals surface area contributed by atoms with E-state index < -0.39 is 6.04 Å². The van der Waals surface area contributed by atoms with E-state index in [-0.39, 0.29) is 23.6 Å². The van der Waals surface area contributed by atoms with Crippen molar-refractivity contribution in [2.75, 3.05) is 19.6 Å². The number of amides is 3. The lowest BCUT2D eigenvalue weighted by molar-refractivity contribution is -0.130. The van der Waals surface area contributed by atoms with Gasteiger partial charge < -0.3 is 15.5 Å². The summed E-state index contributed by atoms with van der Waals surface area (Å²) in [6.45, 7) is 7.43. The minimum absolute atomic E-state index is 0.0189. The first-order valence-electron chi connectivity index (χ1n) is 9.27. The summed E-state index contributed by atoms with van der Waals surface area (Å²) < 4.78 is 0. The van der Waals surface area contributed by atoms with E-state index in [0.29, 0.717) is 44.0 Å². The molecule has 1 aliphatic rings. The van der Waals surface area contributed by atoms with Gasteiger partial charge in [0.15, 0.2) is 0 Å². The normalized spacial score (nSPS) is 16.2. The first kappa shape index (κ1) is 19.9. The van der Waals surface area contributed by atoms with Crippen molar-refractivity contribution in [2.24, 2.45) is 11.8 Å². The maximum atomic E-state index is 12.7. The number of benzene rings is 1. The van der Waals surface area contributed by atoms with Crippen molar-refractivity contribution < 1.29 is 14.4 Å². The summed E-state index contributed by atoms with van der Waals surface area (Å²) in [6.07, 6.45) is 1.41. The molecular weight excluding hydrogens is 330 g/mol. The third-order valence-electron chi connectivity index (χ3n) is 4.75. The molecule has 0 saturated carbocycles. The molecule has 142 valence electrons. The quantitative estimate of drug-likeness (QED) is 0.813. The van der Waals surface area contributed by atoms with Crippen LogP contribution in [0.5, 0.6) is 0 Å². The third-order valence-corrected chi connectivity index (χ3v) is 4.75. The molecule has 1 fully saturated rings. The van der Waals surface area contributed by atoms with Crippen molar-refractivity contribution >= 4 is 17.7 Å². The summed E-state index contributed by atoms with van der Waals surface area (Å²) in [4.78, 5) is 38.6. The van der Waals surface area contributed by atoms with Crippen LogP contribution in [0.3, 0.4) is 0 Å². The van der Waals surface area contributed by atoms with Gasteiger partial charge in [-0.1, -0.05) is 32.0 Å². The lowest BCUT2D eigenvalue weighted by Crippen LogP contribution is -2.54. The number of hydrogen-bond donors (Lipinski definition) is 2. The van der Waals surface area contributed by atoms with Crippen LogP contribution in [0, 0.1) is 11.8 Å². The highest BCUT2D eigenvalue weighted by atomic mass is 16.2. The second kappa shape index (κ2) is 9.36. The fraction of sp³-hybridized carbons (Fsp3) is 0.550. The van der Waals surface area contributed by atoms with Crippen LogP contribution < -0.4 is 10.6 Å². The van der Waals surface area contributed by atoms with Crippen molar-refractivity contribution in [3.8, 4) is 0 Å². The van der Waals surface area contributed by atoms with Gasteiger partial charge in [-0.3, -0.25) is 14.4 Å². The van der Waals surface area contributed by atoms with Crippen LogP contribution in [0.25, 0.3) is 0 Å². The number of piperidine rings is 1. The molecule has 1 saturated heterocycles. The number of nitrogens with zero attached hydrogens (tertiary/aromatic N) is 1. The number of hydrogen-bond acceptors (Lipinski definition) is 3. The molecule has 0 aromatic heterocycles. The highest BCUT2D eigenvalue weighted by Crippen LogP contribution is 2.21. The van der Waals surface area contributed by atoms with Gasteiger partial charge in [0.2, 0.25) is 11.8 Å². The first-order chi connectivity index (χ1) is 12.4. The van der Waals surface area contributed by atoms with Crippen LogP contribution in [0.4, 0.5) is 0 Å². The van der Waals surface area contributed by atoms with Crippen molar-refractivity contribution in [2.45, 2.75) is 39.7 Å². The summed E-state index contributed by atoms with van der Waals surface area (Å²) >= 11 is 0. The molecule has 6 heteroatoms. The van der Waals surface area contributed by atoms with Gasteiger partial charge >= 0.3 is 0 Å². The largest absolute Gasteiger partial charge is 0.354 e. The summed E-state index contributed by atoms with van der Waals surface area (Å²) in [5.74, 6) is 0.0144. The van der Waals surface area contributed by atoms with Crippen LogP contribution >= 0.6 is 0 Å². The van der Waals surface area contributed by atoms with E-state index in [1.165, 1.54) is 0 Å². The van der Waals surface area contributed by atoms with Gasteiger partial charge in [0, 0.05) is 32.1 Å². The second-order valence-corrected chi connectivity index (χ2v) is 7.30. The first-order valence-corrected chi connectivity index (χ1v) is 9.27. The van der Waals surface area contributed by atoms with Gasteiger partial charge in [0.25, 0.3) is 5.91 Å². The van der Waals surface area contributed by atoms with Gasteiger partial charge in [-0.2, -0.15) is 0 Å². The number of carbonyl (C=O) groups excluding carboxylic acids is 3. The Morgan fingerprint density at radius 2 is 1.73 bits per heavy atom. The van der Waals surface area contributed by atoms with E-state index in [1.807, 2.05) is 19.9 Å². The van der Waals surface area contributed by atoms with Crippen molar-refractivity contribution in [3.05, 3.63) is 35.9 Å². The molecule has 0 unspecified atom stereocenters. The predicted molar refractivity (Wildman–Crippen MR) is 101 cm³/mol. The Labute approximate surface area is 155 Å². The maximum Gasteiger partial charge on any atom is 0.251 e. The van der Waals surface area contributed by atoms with Gasteiger partial charge in [-0.05, 0) is 36.8 Å². The van der Waals surface area contributed by atoms with E-state index in [1.54, 1.807) is 36.1 Å². The summed E-state index contributed by atoms with van der Waals surface area (Å²) in [5.41, 5.74) is 0.537. The Kier molecular flexibility index (Phi) is 7.18. The number of rotatable bonds is 6. The zero-order valence-corrected chi connectivity index (χ0v) is 15.8. The predicted octanol–water partition coefficient (Wildman–Crippen LogP) is 1.82. The molecule has 3 amide bonds. The molecule has 1 aromatic rings. The lowest BCUT2D eigenvalue weighted by atomic mass is 9.88. The fourth-order valence-corrected chi connectivity index (χ4v) is 3.17. The summed E-state index contributed by atoms with van der Waals surface area (Å²) in [5, 5.41) is 5.85. The van der Waals surface area contributed by atoms with Crippen LogP contribution in [0.1, 0.15) is 44.0 Å². The molecule has 2 N–H and O–H groups in total. The van der Waals surface area contributed by atoms with Crippen LogP contribution in [-0.4, -0.2) is 48.3 Å². The molecule has 0 spiro atoms. The fourth-order valence-electron chi connectivity index (χ4n) is 3.17. The molecule has 1 heterocycles. The van der Waals surface area contributed by atoms with E-state index >= 15 is 0 Å². The van der Waals surface area contributed by atoms with Crippen molar-refractivity contribution in [1.29, 1.82) is 0 Å². The maximum absolute atomic E-state index is 12.7. The molecule has 2 rings (SSSR count). The van der Waals surface area contributed by atoms with E-state index in [9.17, 15) is 14.4 Å². The SMILES string of the molecule is CC(=O)N1CCC([C@@H](NC(=O)c2ccccc2)C(=O)NCC(C)C)CC1. The Morgan fingerprint density at radius 3 is 2.27 bits per heavy atom. The van der Waals surface area contributed by atoms with Gasteiger partial charge in [-0.15, -0.1) is 0 Å². The topological polar surface area (TPSA) is 78.5 Å². The third kappa shape index (κ3) is 5.58. The van der Waals surface area contributed by atoms with Crippen LogP contribution in [0.2, 0.25) is 0 Å². The molecule has 1 atom stereocenters. The zero-order valence-electron chi connectivity index (χ0n) is 15.8. The zero-order chi connectivity index (χ0) is 19.1. The minimum atomic E-state index is -0.587. The number of nitrogens with one attached hydrogen (secondary N) is 2. The summed E-state index contributed by atoms with van der Waals surface area (Å²) in [7, 11) is 0. The van der Waals surface area contributed by atoms with Crippen molar-refractivity contribution in [3.63, 3.8) is 0 Å². The van der Waals surface area contributed by atoms with Crippen LogP contribution in [0.15, 0.2) is 30.3 Å². The molecular formula is C20H29N3O3. The Hall–Kier alpha value is -2.37. The highest BCUT2D eigenvalue weighted by molar-refractivity contribution is 5.97. The average Bonchev–Trinajstić information content (AvgIpc) is 2.64. The standard InChI is InChI=1S/C20H29N3O3/c1-14(2)13-21-20(26)18(16-9-11-23(12-10-16)15(3)24)22-19(25)17-7-5-4-6-8-17/h4-8,14,16,18H,9-13H2,1-3H3,(H,21,26)(H,22,25)/t18-/m1/s1. The monoisotopic (exact) mass is 359 g/mol. The molecule has 1 aliphatic heterocycles. The van der Waals surface area contributed by atoms with E-state index in [0.717, 1.165) is 0 Å². The molecule has 1 aromatic carbocycles. The summed E-state index contributed by atoms with van der Waals surface area (Å²) in [6, 6.07) is 8.33. The molecule has 6 nitrogen and oxygen atoms in total. The minimum Gasteiger partial charge on any atom is -0.354 e. The highest BCUT2D eigenvalue weighted by Gasteiger charge is 2.33. The van der Waals surface area contributed by atoms with Gasteiger partial charge in [-0.25, -0.2) is 0 Å². The smallest absolute Gasteiger partial charge is 0.251 e.